The highest BCUT2D eigenvalue weighted by Gasteiger charge is 2.21. The van der Waals surface area contributed by atoms with E-state index in [2.05, 4.69) is 60.2 Å². The standard InChI is InChI=1S/C17H30N4/c1-5-10-18-14(2)15-6-7-17(19-13-15)21(4)16-8-11-20(3)12-9-16/h6-7,13-14,16,18H,5,8-12H2,1-4H3. The van der Waals surface area contributed by atoms with Crippen molar-refractivity contribution in [3.63, 3.8) is 0 Å². The van der Waals surface area contributed by atoms with Crippen LogP contribution in [0.25, 0.3) is 0 Å². The Morgan fingerprint density at radius 1 is 1.38 bits per heavy atom. The van der Waals surface area contributed by atoms with Gasteiger partial charge in [-0.25, -0.2) is 4.98 Å². The van der Waals surface area contributed by atoms with Crippen molar-refractivity contribution in [1.29, 1.82) is 0 Å². The zero-order valence-electron chi connectivity index (χ0n) is 14.0. The number of pyridine rings is 1. The van der Waals surface area contributed by atoms with Gasteiger partial charge in [0, 0.05) is 25.3 Å². The van der Waals surface area contributed by atoms with Crippen LogP contribution in [0.2, 0.25) is 0 Å². The number of nitrogens with one attached hydrogen (secondary N) is 1. The highest BCUT2D eigenvalue weighted by molar-refractivity contribution is 5.40. The summed E-state index contributed by atoms with van der Waals surface area (Å²) in [6.07, 6.45) is 5.64. The van der Waals surface area contributed by atoms with Crippen molar-refractivity contribution in [1.82, 2.24) is 15.2 Å². The van der Waals surface area contributed by atoms with Crippen molar-refractivity contribution >= 4 is 5.82 Å². The van der Waals surface area contributed by atoms with Crippen molar-refractivity contribution in [3.05, 3.63) is 23.9 Å². The van der Waals surface area contributed by atoms with Gasteiger partial charge in [-0.05, 0) is 64.5 Å². The summed E-state index contributed by atoms with van der Waals surface area (Å²) in [5, 5.41) is 3.51. The van der Waals surface area contributed by atoms with E-state index in [9.17, 15) is 0 Å². The number of nitrogens with zero attached hydrogens (tertiary/aromatic N) is 3. The third kappa shape index (κ3) is 4.42. The Labute approximate surface area is 129 Å². The first-order chi connectivity index (χ1) is 10.1. The van der Waals surface area contributed by atoms with Gasteiger partial charge >= 0.3 is 0 Å². The molecule has 2 heterocycles. The minimum atomic E-state index is 0.375. The molecule has 1 aromatic rings. The molecule has 0 aromatic carbocycles. The molecular weight excluding hydrogens is 260 g/mol. The number of aromatic nitrogens is 1. The van der Waals surface area contributed by atoms with E-state index in [1.165, 1.54) is 31.5 Å². The molecule has 2 rings (SSSR count). The van der Waals surface area contributed by atoms with Crippen molar-refractivity contribution in [2.75, 3.05) is 38.6 Å². The maximum absolute atomic E-state index is 4.67. The molecule has 0 saturated carbocycles. The number of anilines is 1. The summed E-state index contributed by atoms with van der Waals surface area (Å²) in [4.78, 5) is 9.43. The van der Waals surface area contributed by atoms with Crippen LogP contribution in [0.15, 0.2) is 18.3 Å². The van der Waals surface area contributed by atoms with E-state index in [1.807, 2.05) is 6.20 Å². The molecule has 1 unspecified atom stereocenters. The van der Waals surface area contributed by atoms with Crippen LogP contribution in [0.5, 0.6) is 0 Å². The average Bonchev–Trinajstić information content (AvgIpc) is 2.53. The third-order valence-electron chi connectivity index (χ3n) is 4.57. The summed E-state index contributed by atoms with van der Waals surface area (Å²) in [5.41, 5.74) is 1.27. The maximum Gasteiger partial charge on any atom is 0.128 e. The second kappa shape index (κ2) is 7.76. The Balaban J connectivity index is 1.94. The van der Waals surface area contributed by atoms with Gasteiger partial charge in [0.25, 0.3) is 0 Å². The van der Waals surface area contributed by atoms with Gasteiger partial charge in [0.1, 0.15) is 5.82 Å². The molecular formula is C17H30N4. The van der Waals surface area contributed by atoms with Crippen LogP contribution in [0.1, 0.15) is 44.7 Å². The van der Waals surface area contributed by atoms with E-state index in [0.717, 1.165) is 18.8 Å². The SMILES string of the molecule is CCCNC(C)c1ccc(N(C)C2CCN(C)CC2)nc1. The molecule has 0 spiro atoms. The van der Waals surface area contributed by atoms with Crippen molar-refractivity contribution < 1.29 is 0 Å². The van der Waals surface area contributed by atoms with Gasteiger partial charge in [0.2, 0.25) is 0 Å². The predicted octanol–water partition coefficient (Wildman–Crippen LogP) is 2.67. The van der Waals surface area contributed by atoms with Crippen molar-refractivity contribution in [2.45, 2.75) is 45.2 Å². The molecule has 1 fully saturated rings. The third-order valence-corrected chi connectivity index (χ3v) is 4.57. The fourth-order valence-corrected chi connectivity index (χ4v) is 2.91. The van der Waals surface area contributed by atoms with Gasteiger partial charge in [0.05, 0.1) is 0 Å². The monoisotopic (exact) mass is 290 g/mol. The number of hydrogen-bond acceptors (Lipinski definition) is 4. The minimum absolute atomic E-state index is 0.375. The summed E-state index contributed by atoms with van der Waals surface area (Å²) >= 11 is 0. The lowest BCUT2D eigenvalue weighted by molar-refractivity contribution is 0.252. The molecule has 1 saturated heterocycles. The highest BCUT2D eigenvalue weighted by Crippen LogP contribution is 2.21. The van der Waals surface area contributed by atoms with E-state index < -0.39 is 0 Å². The quantitative estimate of drug-likeness (QED) is 0.873. The summed E-state index contributed by atoms with van der Waals surface area (Å²) in [7, 11) is 4.38. The maximum atomic E-state index is 4.67. The molecule has 1 aromatic heterocycles. The van der Waals surface area contributed by atoms with Crippen LogP contribution >= 0.6 is 0 Å². The first kappa shape index (κ1) is 16.2. The van der Waals surface area contributed by atoms with Crippen LogP contribution in [0.4, 0.5) is 5.82 Å². The minimum Gasteiger partial charge on any atom is -0.357 e. The lowest BCUT2D eigenvalue weighted by Crippen LogP contribution is -2.42. The van der Waals surface area contributed by atoms with Crippen molar-refractivity contribution in [2.24, 2.45) is 0 Å². The van der Waals surface area contributed by atoms with Gasteiger partial charge in [-0.15, -0.1) is 0 Å². The topological polar surface area (TPSA) is 31.4 Å². The van der Waals surface area contributed by atoms with Gasteiger partial charge in [-0.1, -0.05) is 13.0 Å². The van der Waals surface area contributed by atoms with E-state index in [1.54, 1.807) is 0 Å². The zero-order chi connectivity index (χ0) is 15.2. The average molecular weight is 290 g/mol. The number of piperidine rings is 1. The van der Waals surface area contributed by atoms with E-state index >= 15 is 0 Å². The van der Waals surface area contributed by atoms with Crippen LogP contribution < -0.4 is 10.2 Å². The first-order valence-corrected chi connectivity index (χ1v) is 8.22. The lowest BCUT2D eigenvalue weighted by atomic mass is 10.0. The summed E-state index contributed by atoms with van der Waals surface area (Å²) in [5.74, 6) is 1.09. The Morgan fingerprint density at radius 3 is 2.67 bits per heavy atom. The molecule has 118 valence electrons. The molecule has 4 nitrogen and oxygen atoms in total. The summed E-state index contributed by atoms with van der Waals surface area (Å²) < 4.78 is 0. The molecule has 0 bridgehead atoms. The molecule has 21 heavy (non-hydrogen) atoms. The molecule has 1 N–H and O–H groups in total. The Morgan fingerprint density at radius 2 is 2.10 bits per heavy atom. The van der Waals surface area contributed by atoms with Crippen LogP contribution in [-0.4, -0.2) is 49.7 Å². The lowest BCUT2D eigenvalue weighted by Gasteiger charge is -2.35. The van der Waals surface area contributed by atoms with Gasteiger partial charge < -0.3 is 15.1 Å². The summed E-state index contributed by atoms with van der Waals surface area (Å²) in [6.45, 7) is 7.82. The molecule has 1 atom stereocenters. The zero-order valence-corrected chi connectivity index (χ0v) is 14.0. The van der Waals surface area contributed by atoms with Crippen LogP contribution in [-0.2, 0) is 0 Å². The molecule has 1 aliphatic rings. The van der Waals surface area contributed by atoms with Gasteiger partial charge in [-0.2, -0.15) is 0 Å². The Kier molecular flexibility index (Phi) is 6.00. The number of likely N-dealkylation sites (tertiary alicyclic amines) is 1. The highest BCUT2D eigenvalue weighted by atomic mass is 15.2. The Bertz CT molecular complexity index is 409. The number of rotatable bonds is 6. The smallest absolute Gasteiger partial charge is 0.128 e. The predicted molar refractivity (Wildman–Crippen MR) is 89.9 cm³/mol. The molecule has 1 aliphatic heterocycles. The van der Waals surface area contributed by atoms with Gasteiger partial charge in [0.15, 0.2) is 0 Å². The van der Waals surface area contributed by atoms with E-state index in [-0.39, 0.29) is 0 Å². The van der Waals surface area contributed by atoms with Crippen LogP contribution in [0, 0.1) is 0 Å². The van der Waals surface area contributed by atoms with E-state index in [0.29, 0.717) is 12.1 Å². The molecule has 0 aliphatic carbocycles. The molecule has 4 heteroatoms. The van der Waals surface area contributed by atoms with Crippen molar-refractivity contribution in [3.8, 4) is 0 Å². The fraction of sp³-hybridized carbons (Fsp3) is 0.706. The largest absolute Gasteiger partial charge is 0.357 e. The first-order valence-electron chi connectivity index (χ1n) is 8.22. The second-order valence-corrected chi connectivity index (χ2v) is 6.27. The Hall–Kier alpha value is -1.13. The fourth-order valence-electron chi connectivity index (χ4n) is 2.91. The van der Waals surface area contributed by atoms with Gasteiger partial charge in [-0.3, -0.25) is 0 Å². The second-order valence-electron chi connectivity index (χ2n) is 6.27. The molecule has 0 amide bonds. The number of hydrogen-bond donors (Lipinski definition) is 1. The normalized spacial score (nSPS) is 18.7. The summed E-state index contributed by atoms with van der Waals surface area (Å²) in [6, 6.07) is 5.37. The van der Waals surface area contributed by atoms with E-state index in [4.69, 9.17) is 0 Å². The molecule has 0 radical (unpaired) electrons. The van der Waals surface area contributed by atoms with Crippen LogP contribution in [0.3, 0.4) is 0 Å².